The summed E-state index contributed by atoms with van der Waals surface area (Å²) >= 11 is 0. The van der Waals surface area contributed by atoms with Crippen LogP contribution < -0.4 is 0 Å². The number of aliphatic hydroxyl groups excluding tert-OH is 2. The van der Waals surface area contributed by atoms with Crippen molar-refractivity contribution < 1.29 is 19.7 Å². The van der Waals surface area contributed by atoms with Crippen LogP contribution in [0.4, 0.5) is 4.79 Å². The quantitative estimate of drug-likeness (QED) is 0.224. The summed E-state index contributed by atoms with van der Waals surface area (Å²) in [7, 11) is 0. The third kappa shape index (κ3) is 18.9. The third-order valence-electron chi connectivity index (χ3n) is 5.45. The average Bonchev–Trinajstić information content (AvgIpc) is 2.72. The van der Waals surface area contributed by atoms with Crippen LogP contribution in [-0.4, -0.2) is 53.6 Å². The van der Waals surface area contributed by atoms with Crippen LogP contribution in [0.5, 0.6) is 0 Å². The molecule has 0 aliphatic heterocycles. The minimum absolute atomic E-state index is 0.133. The van der Waals surface area contributed by atoms with Gasteiger partial charge in [0, 0.05) is 6.54 Å². The van der Waals surface area contributed by atoms with Gasteiger partial charge in [-0.15, -0.1) is 0 Å². The number of hydrogen-bond acceptors (Lipinski definition) is 4. The van der Waals surface area contributed by atoms with Crippen molar-refractivity contribution in [2.45, 2.75) is 123 Å². The first-order valence-corrected chi connectivity index (χ1v) is 12.4. The van der Waals surface area contributed by atoms with E-state index in [1.807, 2.05) is 0 Å². The smallest absolute Gasteiger partial charge is 0.409 e. The van der Waals surface area contributed by atoms with Crippen LogP contribution in [-0.2, 0) is 4.74 Å². The van der Waals surface area contributed by atoms with Crippen molar-refractivity contribution in [3.05, 3.63) is 0 Å². The number of hydrogen-bond donors (Lipinski definition) is 2. The second kappa shape index (κ2) is 21.9. The zero-order valence-corrected chi connectivity index (χ0v) is 19.4. The summed E-state index contributed by atoms with van der Waals surface area (Å²) in [6, 6.07) is 0. The predicted molar refractivity (Wildman–Crippen MR) is 121 cm³/mol. The molecule has 1 atom stereocenters. The molecule has 174 valence electrons. The van der Waals surface area contributed by atoms with E-state index >= 15 is 0 Å². The van der Waals surface area contributed by atoms with Crippen molar-refractivity contribution in [1.29, 1.82) is 0 Å². The Morgan fingerprint density at radius 2 is 1.17 bits per heavy atom. The van der Waals surface area contributed by atoms with Crippen LogP contribution in [0.15, 0.2) is 0 Å². The van der Waals surface area contributed by atoms with Gasteiger partial charge in [-0.2, -0.15) is 0 Å². The first kappa shape index (κ1) is 28.2. The molecule has 0 aromatic rings. The first-order chi connectivity index (χ1) is 14.2. The van der Waals surface area contributed by atoms with E-state index in [2.05, 4.69) is 6.92 Å². The fraction of sp³-hybridized carbons (Fsp3) is 0.958. The summed E-state index contributed by atoms with van der Waals surface area (Å²) < 4.78 is 5.02. The summed E-state index contributed by atoms with van der Waals surface area (Å²) in [5, 5.41) is 18.6. The lowest BCUT2D eigenvalue weighted by Crippen LogP contribution is -2.39. The molecular weight excluding hydrogens is 366 g/mol. The Morgan fingerprint density at radius 3 is 1.55 bits per heavy atom. The molecule has 0 rings (SSSR count). The second-order valence-electron chi connectivity index (χ2n) is 8.28. The molecule has 29 heavy (non-hydrogen) atoms. The molecule has 1 unspecified atom stereocenters. The van der Waals surface area contributed by atoms with E-state index in [0.717, 1.165) is 12.8 Å². The molecule has 0 saturated carbocycles. The van der Waals surface area contributed by atoms with Crippen molar-refractivity contribution in [3.8, 4) is 0 Å². The lowest BCUT2D eigenvalue weighted by Gasteiger charge is -2.23. The van der Waals surface area contributed by atoms with E-state index in [-0.39, 0.29) is 13.2 Å². The van der Waals surface area contributed by atoms with Crippen LogP contribution in [0.2, 0.25) is 0 Å². The lowest BCUT2D eigenvalue weighted by atomic mass is 10.0. The van der Waals surface area contributed by atoms with Crippen LogP contribution >= 0.6 is 0 Å². The largest absolute Gasteiger partial charge is 0.450 e. The Labute approximate surface area is 180 Å². The number of unbranched alkanes of at least 4 members (excludes halogenated alkanes) is 15. The Bertz CT molecular complexity index is 352. The van der Waals surface area contributed by atoms with Crippen molar-refractivity contribution in [1.82, 2.24) is 4.90 Å². The van der Waals surface area contributed by atoms with Gasteiger partial charge < -0.3 is 19.8 Å². The number of carbonyl (C=O) groups is 1. The molecule has 0 aliphatic rings. The molecular formula is C24H49NO4. The topological polar surface area (TPSA) is 70.0 Å². The Hall–Kier alpha value is -0.810. The maximum absolute atomic E-state index is 11.9. The lowest BCUT2D eigenvalue weighted by molar-refractivity contribution is 0.0476. The molecule has 0 aromatic heterocycles. The summed E-state index contributed by atoms with van der Waals surface area (Å²) in [5.74, 6) is 0. The Morgan fingerprint density at radius 1 is 0.759 bits per heavy atom. The maximum atomic E-state index is 11.9. The van der Waals surface area contributed by atoms with E-state index in [9.17, 15) is 9.90 Å². The normalized spacial score (nSPS) is 12.1. The van der Waals surface area contributed by atoms with Gasteiger partial charge in [0.25, 0.3) is 0 Å². The average molecular weight is 416 g/mol. The van der Waals surface area contributed by atoms with Crippen molar-refractivity contribution in [3.63, 3.8) is 0 Å². The summed E-state index contributed by atoms with van der Waals surface area (Å²) in [6.07, 6.45) is 19.8. The van der Waals surface area contributed by atoms with Gasteiger partial charge >= 0.3 is 6.09 Å². The number of aliphatic hydroxyl groups is 2. The Kier molecular flexibility index (Phi) is 21.3. The molecule has 2 N–H and O–H groups in total. The van der Waals surface area contributed by atoms with Gasteiger partial charge in [-0.25, -0.2) is 4.79 Å². The molecule has 0 spiro atoms. The number of amides is 1. The number of rotatable bonds is 21. The standard InChI is InChI=1S/C24H49NO4/c1-3-5-6-7-8-9-10-11-12-13-14-15-16-17-18-19-20-25(21-23(27)22-26)24(28)29-4-2/h23,26-27H,3-22H2,1-2H3. The van der Waals surface area contributed by atoms with Crippen LogP contribution in [0.1, 0.15) is 117 Å². The van der Waals surface area contributed by atoms with Gasteiger partial charge in [-0.05, 0) is 13.3 Å². The molecule has 5 nitrogen and oxygen atoms in total. The van der Waals surface area contributed by atoms with E-state index in [1.165, 1.54) is 94.8 Å². The summed E-state index contributed by atoms with van der Waals surface area (Å²) in [5.41, 5.74) is 0. The molecule has 0 radical (unpaired) electrons. The molecule has 1 amide bonds. The van der Waals surface area contributed by atoms with Crippen LogP contribution in [0, 0.1) is 0 Å². The molecule has 0 fully saturated rings. The van der Waals surface area contributed by atoms with E-state index in [1.54, 1.807) is 6.92 Å². The molecule has 5 heteroatoms. The fourth-order valence-corrected chi connectivity index (χ4v) is 3.63. The van der Waals surface area contributed by atoms with Gasteiger partial charge in [0.15, 0.2) is 0 Å². The van der Waals surface area contributed by atoms with E-state index < -0.39 is 12.2 Å². The molecule has 0 aliphatic carbocycles. The van der Waals surface area contributed by atoms with Gasteiger partial charge in [0.2, 0.25) is 0 Å². The SMILES string of the molecule is CCCCCCCCCCCCCCCCCCN(CC(O)CO)C(=O)OCC. The highest BCUT2D eigenvalue weighted by atomic mass is 16.6. The van der Waals surface area contributed by atoms with E-state index in [4.69, 9.17) is 9.84 Å². The minimum atomic E-state index is -0.902. The summed E-state index contributed by atoms with van der Waals surface area (Å²) in [6.45, 7) is 4.74. The van der Waals surface area contributed by atoms with Crippen molar-refractivity contribution >= 4 is 6.09 Å². The monoisotopic (exact) mass is 415 g/mol. The highest BCUT2D eigenvalue weighted by Gasteiger charge is 2.17. The summed E-state index contributed by atoms with van der Waals surface area (Å²) in [4.78, 5) is 13.4. The Balaban J connectivity index is 3.48. The van der Waals surface area contributed by atoms with Crippen LogP contribution in [0.3, 0.4) is 0 Å². The number of ether oxygens (including phenoxy) is 1. The minimum Gasteiger partial charge on any atom is -0.450 e. The molecule has 0 heterocycles. The first-order valence-electron chi connectivity index (χ1n) is 12.4. The number of nitrogens with zero attached hydrogens (tertiary/aromatic N) is 1. The van der Waals surface area contributed by atoms with Gasteiger partial charge in [0.1, 0.15) is 0 Å². The van der Waals surface area contributed by atoms with Gasteiger partial charge in [-0.3, -0.25) is 0 Å². The number of carbonyl (C=O) groups excluding carboxylic acids is 1. The van der Waals surface area contributed by atoms with Gasteiger partial charge in [0.05, 0.1) is 25.9 Å². The second-order valence-corrected chi connectivity index (χ2v) is 8.28. The predicted octanol–water partition coefficient (Wildman–Crippen LogP) is 6.06. The maximum Gasteiger partial charge on any atom is 0.409 e. The fourth-order valence-electron chi connectivity index (χ4n) is 3.63. The molecule has 0 saturated heterocycles. The highest BCUT2D eigenvalue weighted by Crippen LogP contribution is 2.14. The molecule has 0 aromatic carbocycles. The van der Waals surface area contributed by atoms with Crippen molar-refractivity contribution in [2.24, 2.45) is 0 Å². The van der Waals surface area contributed by atoms with E-state index in [0.29, 0.717) is 13.2 Å². The zero-order chi connectivity index (χ0) is 21.6. The highest BCUT2D eigenvalue weighted by molar-refractivity contribution is 5.67. The van der Waals surface area contributed by atoms with Crippen LogP contribution in [0.25, 0.3) is 0 Å². The third-order valence-corrected chi connectivity index (χ3v) is 5.45. The van der Waals surface area contributed by atoms with Crippen molar-refractivity contribution in [2.75, 3.05) is 26.3 Å². The van der Waals surface area contributed by atoms with Gasteiger partial charge in [-0.1, -0.05) is 103 Å². The molecule has 0 bridgehead atoms. The zero-order valence-electron chi connectivity index (χ0n) is 19.4.